The summed E-state index contributed by atoms with van der Waals surface area (Å²) in [5.74, 6) is 0.495. The van der Waals surface area contributed by atoms with Crippen molar-refractivity contribution in [2.75, 3.05) is 13.1 Å². The van der Waals surface area contributed by atoms with E-state index >= 15 is 0 Å². The van der Waals surface area contributed by atoms with Crippen LogP contribution < -0.4 is 4.74 Å². The molecule has 0 atom stereocenters. The molecule has 0 radical (unpaired) electrons. The second-order valence-electron chi connectivity index (χ2n) is 6.08. The van der Waals surface area contributed by atoms with Crippen LogP contribution in [-0.4, -0.2) is 30.9 Å². The van der Waals surface area contributed by atoms with E-state index in [9.17, 15) is 13.5 Å². The molecule has 1 heterocycles. The Balaban J connectivity index is 1.95. The van der Waals surface area contributed by atoms with Gasteiger partial charge in [0.05, 0.1) is 5.02 Å². The fraction of sp³-hybridized carbons (Fsp3) is 0.333. The fourth-order valence-electron chi connectivity index (χ4n) is 2.87. The number of phenolic OH excluding ortho intramolecular Hbond substituents is 1. The SMILES string of the molecule is Cc1cccc(Cl)c1Oc1ccc(O)c(S(=O)(=O)N2CCCCC2)c1. The standard InChI is InChI=1S/C18H20ClNO4S/c1-13-6-5-7-15(19)18(13)24-14-8-9-16(21)17(12-14)25(22,23)20-10-3-2-4-11-20/h5-9,12,21H,2-4,10-11H2,1H3. The molecule has 1 N–H and O–H groups in total. The molecule has 0 spiro atoms. The summed E-state index contributed by atoms with van der Waals surface area (Å²) in [7, 11) is -3.76. The number of halogens is 1. The molecule has 7 heteroatoms. The van der Waals surface area contributed by atoms with Crippen molar-refractivity contribution in [3.05, 3.63) is 47.0 Å². The number of nitrogens with zero attached hydrogens (tertiary/aromatic N) is 1. The van der Waals surface area contributed by atoms with E-state index in [1.807, 2.05) is 19.1 Å². The van der Waals surface area contributed by atoms with Crippen LogP contribution in [0.2, 0.25) is 5.02 Å². The number of aryl methyl sites for hydroxylation is 1. The quantitative estimate of drug-likeness (QED) is 0.856. The van der Waals surface area contributed by atoms with Crippen LogP contribution in [-0.2, 0) is 10.0 Å². The van der Waals surface area contributed by atoms with Gasteiger partial charge >= 0.3 is 0 Å². The van der Waals surface area contributed by atoms with Gasteiger partial charge in [-0.15, -0.1) is 0 Å². The average Bonchev–Trinajstić information content (AvgIpc) is 2.60. The number of ether oxygens (including phenoxy) is 1. The lowest BCUT2D eigenvalue weighted by Crippen LogP contribution is -2.35. The Morgan fingerprint density at radius 2 is 1.84 bits per heavy atom. The Hall–Kier alpha value is -1.76. The van der Waals surface area contributed by atoms with E-state index in [0.717, 1.165) is 24.8 Å². The predicted molar refractivity (Wildman–Crippen MR) is 97.0 cm³/mol. The molecule has 0 aromatic heterocycles. The first-order valence-electron chi connectivity index (χ1n) is 8.16. The monoisotopic (exact) mass is 381 g/mol. The van der Waals surface area contributed by atoms with Crippen LogP contribution in [0.1, 0.15) is 24.8 Å². The third-order valence-electron chi connectivity index (χ3n) is 4.25. The van der Waals surface area contributed by atoms with E-state index in [0.29, 0.717) is 29.6 Å². The first-order chi connectivity index (χ1) is 11.9. The van der Waals surface area contributed by atoms with E-state index in [1.54, 1.807) is 6.07 Å². The molecule has 0 unspecified atom stereocenters. The Kier molecular flexibility index (Phi) is 5.22. The summed E-state index contributed by atoms with van der Waals surface area (Å²) in [5.41, 5.74) is 0.834. The third kappa shape index (κ3) is 3.76. The van der Waals surface area contributed by atoms with Gasteiger partial charge in [-0.05, 0) is 43.5 Å². The topological polar surface area (TPSA) is 66.8 Å². The van der Waals surface area contributed by atoms with E-state index in [2.05, 4.69) is 0 Å². The maximum Gasteiger partial charge on any atom is 0.246 e. The van der Waals surface area contributed by atoms with Crippen molar-refractivity contribution in [3.63, 3.8) is 0 Å². The molecule has 0 aliphatic carbocycles. The number of hydrogen-bond acceptors (Lipinski definition) is 4. The van der Waals surface area contributed by atoms with Gasteiger partial charge < -0.3 is 9.84 Å². The van der Waals surface area contributed by atoms with Gasteiger partial charge in [-0.2, -0.15) is 4.31 Å². The summed E-state index contributed by atoms with van der Waals surface area (Å²) in [6.07, 6.45) is 2.68. The lowest BCUT2D eigenvalue weighted by molar-refractivity contribution is 0.344. The number of benzene rings is 2. The van der Waals surface area contributed by atoms with Gasteiger partial charge in [0.2, 0.25) is 10.0 Å². The molecule has 1 aliphatic rings. The normalized spacial score (nSPS) is 15.9. The Bertz CT molecular complexity index is 856. The summed E-state index contributed by atoms with van der Waals surface area (Å²) in [5, 5.41) is 10.5. The molecule has 1 saturated heterocycles. The fourth-order valence-corrected chi connectivity index (χ4v) is 4.75. The Morgan fingerprint density at radius 1 is 1.12 bits per heavy atom. The molecular formula is C18H20ClNO4S. The van der Waals surface area contributed by atoms with Gasteiger partial charge in [-0.1, -0.05) is 30.2 Å². The van der Waals surface area contributed by atoms with Crippen LogP contribution in [0.4, 0.5) is 0 Å². The number of aromatic hydroxyl groups is 1. The van der Waals surface area contributed by atoms with Crippen molar-refractivity contribution in [1.82, 2.24) is 4.31 Å². The van der Waals surface area contributed by atoms with Crippen LogP contribution in [0, 0.1) is 6.92 Å². The van der Waals surface area contributed by atoms with Crippen LogP contribution in [0.15, 0.2) is 41.3 Å². The minimum atomic E-state index is -3.76. The van der Waals surface area contributed by atoms with E-state index in [1.165, 1.54) is 22.5 Å². The highest BCUT2D eigenvalue weighted by Crippen LogP contribution is 2.36. The van der Waals surface area contributed by atoms with E-state index < -0.39 is 10.0 Å². The minimum Gasteiger partial charge on any atom is -0.507 e. The van der Waals surface area contributed by atoms with Crippen LogP contribution in [0.25, 0.3) is 0 Å². The van der Waals surface area contributed by atoms with Gasteiger partial charge in [0.15, 0.2) is 0 Å². The van der Waals surface area contributed by atoms with E-state index in [-0.39, 0.29) is 10.6 Å². The second kappa shape index (κ2) is 7.23. The molecule has 1 aliphatic heterocycles. The number of sulfonamides is 1. The molecule has 0 amide bonds. The zero-order chi connectivity index (χ0) is 18.0. The third-order valence-corrected chi connectivity index (χ3v) is 6.47. The number of piperidine rings is 1. The van der Waals surface area contributed by atoms with Crippen LogP contribution in [0.3, 0.4) is 0 Å². The first kappa shape index (κ1) is 18.0. The molecular weight excluding hydrogens is 362 g/mol. The van der Waals surface area contributed by atoms with Gasteiger partial charge in [-0.25, -0.2) is 8.42 Å². The number of para-hydroxylation sites is 1. The number of rotatable bonds is 4. The number of phenols is 1. The molecule has 3 rings (SSSR count). The molecule has 2 aromatic rings. The summed E-state index contributed by atoms with van der Waals surface area (Å²) in [6.45, 7) is 2.79. The Labute approximate surface area is 152 Å². The van der Waals surface area contributed by atoms with Crippen LogP contribution in [0.5, 0.6) is 17.2 Å². The van der Waals surface area contributed by atoms with Crippen molar-refractivity contribution in [1.29, 1.82) is 0 Å². The van der Waals surface area contributed by atoms with Crippen molar-refractivity contribution in [2.24, 2.45) is 0 Å². The average molecular weight is 382 g/mol. The summed E-state index contributed by atoms with van der Waals surface area (Å²) in [6, 6.07) is 9.57. The van der Waals surface area contributed by atoms with Crippen molar-refractivity contribution >= 4 is 21.6 Å². The maximum absolute atomic E-state index is 12.8. The highest BCUT2D eigenvalue weighted by molar-refractivity contribution is 7.89. The molecule has 25 heavy (non-hydrogen) atoms. The Morgan fingerprint density at radius 3 is 2.52 bits per heavy atom. The lowest BCUT2D eigenvalue weighted by Gasteiger charge is -2.26. The largest absolute Gasteiger partial charge is 0.507 e. The smallest absolute Gasteiger partial charge is 0.246 e. The van der Waals surface area contributed by atoms with Crippen molar-refractivity contribution in [3.8, 4) is 17.2 Å². The minimum absolute atomic E-state index is 0.142. The second-order valence-corrected chi connectivity index (χ2v) is 8.40. The van der Waals surface area contributed by atoms with Crippen LogP contribution >= 0.6 is 11.6 Å². The van der Waals surface area contributed by atoms with Gasteiger partial charge in [0.25, 0.3) is 0 Å². The summed E-state index contributed by atoms with van der Waals surface area (Å²) < 4.78 is 32.9. The molecule has 134 valence electrons. The van der Waals surface area contributed by atoms with Gasteiger partial charge in [0.1, 0.15) is 22.1 Å². The summed E-state index contributed by atoms with van der Waals surface area (Å²) >= 11 is 6.16. The predicted octanol–water partition coefficient (Wildman–Crippen LogP) is 4.32. The van der Waals surface area contributed by atoms with Crippen molar-refractivity contribution in [2.45, 2.75) is 31.1 Å². The molecule has 5 nitrogen and oxygen atoms in total. The van der Waals surface area contributed by atoms with Gasteiger partial charge in [0, 0.05) is 19.2 Å². The zero-order valence-electron chi connectivity index (χ0n) is 13.9. The zero-order valence-corrected chi connectivity index (χ0v) is 15.5. The molecule has 2 aromatic carbocycles. The van der Waals surface area contributed by atoms with E-state index in [4.69, 9.17) is 16.3 Å². The van der Waals surface area contributed by atoms with Gasteiger partial charge in [-0.3, -0.25) is 0 Å². The first-order valence-corrected chi connectivity index (χ1v) is 9.97. The molecule has 1 fully saturated rings. The lowest BCUT2D eigenvalue weighted by atomic mass is 10.2. The number of hydrogen-bond donors (Lipinski definition) is 1. The summed E-state index contributed by atoms with van der Waals surface area (Å²) in [4.78, 5) is -0.142. The highest BCUT2D eigenvalue weighted by Gasteiger charge is 2.29. The molecule has 0 bridgehead atoms. The van der Waals surface area contributed by atoms with Crippen molar-refractivity contribution < 1.29 is 18.3 Å². The maximum atomic E-state index is 12.8. The highest BCUT2D eigenvalue weighted by atomic mass is 35.5. The molecule has 0 saturated carbocycles.